The van der Waals surface area contributed by atoms with Crippen molar-refractivity contribution in [3.63, 3.8) is 0 Å². The van der Waals surface area contributed by atoms with E-state index in [9.17, 15) is 15.0 Å². The van der Waals surface area contributed by atoms with E-state index < -0.39 is 30.5 Å². The fourth-order valence-corrected chi connectivity index (χ4v) is 2.89. The number of carbonyl (C=O) groups excluding carboxylic acids is 1. The SMILES string of the molecule is COC(=O)[C@@H](Cc1ccccc1)N1C[C@@H](CO)O[C@H](OC)[C@H](O)C1. The van der Waals surface area contributed by atoms with Crippen molar-refractivity contribution in [3.05, 3.63) is 35.9 Å². The Balaban J connectivity index is 2.21. The lowest BCUT2D eigenvalue weighted by molar-refractivity contribution is -0.196. The lowest BCUT2D eigenvalue weighted by Gasteiger charge is -2.30. The molecule has 1 aliphatic heterocycles. The zero-order chi connectivity index (χ0) is 17.5. The second-order valence-electron chi connectivity index (χ2n) is 5.79. The number of hydrogen-bond donors (Lipinski definition) is 2. The maximum absolute atomic E-state index is 12.3. The molecule has 0 saturated carbocycles. The number of β-amino-alcohol motifs (C(OH)–C–C–N with tert-alkyl or cyclic N) is 1. The van der Waals surface area contributed by atoms with Gasteiger partial charge in [-0.1, -0.05) is 30.3 Å². The van der Waals surface area contributed by atoms with Crippen LogP contribution in [0.3, 0.4) is 0 Å². The van der Waals surface area contributed by atoms with E-state index in [2.05, 4.69) is 0 Å². The summed E-state index contributed by atoms with van der Waals surface area (Å²) in [5.74, 6) is -0.390. The summed E-state index contributed by atoms with van der Waals surface area (Å²) in [4.78, 5) is 14.1. The van der Waals surface area contributed by atoms with Crippen LogP contribution in [0.1, 0.15) is 5.56 Å². The number of nitrogens with zero attached hydrogens (tertiary/aromatic N) is 1. The molecule has 1 aliphatic rings. The van der Waals surface area contributed by atoms with E-state index in [1.807, 2.05) is 30.3 Å². The molecule has 1 aromatic carbocycles. The Kier molecular flexibility index (Phi) is 7.14. The Morgan fingerprint density at radius 3 is 2.62 bits per heavy atom. The molecule has 1 heterocycles. The van der Waals surface area contributed by atoms with E-state index >= 15 is 0 Å². The maximum Gasteiger partial charge on any atom is 0.323 e. The molecule has 4 atom stereocenters. The van der Waals surface area contributed by atoms with Crippen LogP contribution in [0.25, 0.3) is 0 Å². The van der Waals surface area contributed by atoms with E-state index in [0.717, 1.165) is 5.56 Å². The van der Waals surface area contributed by atoms with Gasteiger partial charge in [-0.15, -0.1) is 0 Å². The molecule has 1 fully saturated rings. The van der Waals surface area contributed by atoms with Gasteiger partial charge < -0.3 is 24.4 Å². The van der Waals surface area contributed by atoms with E-state index in [-0.39, 0.29) is 13.2 Å². The first-order valence-electron chi connectivity index (χ1n) is 7.92. The highest BCUT2D eigenvalue weighted by Gasteiger charge is 2.37. The highest BCUT2D eigenvalue weighted by Crippen LogP contribution is 2.19. The summed E-state index contributed by atoms with van der Waals surface area (Å²) in [6.07, 6.45) is -1.90. The van der Waals surface area contributed by atoms with Gasteiger partial charge in [-0.3, -0.25) is 9.69 Å². The normalized spacial score (nSPS) is 26.6. The lowest BCUT2D eigenvalue weighted by Crippen LogP contribution is -2.49. The first-order valence-corrected chi connectivity index (χ1v) is 7.92. The minimum Gasteiger partial charge on any atom is -0.468 e. The Hall–Kier alpha value is -1.51. The third kappa shape index (κ3) is 4.75. The standard InChI is InChI=1S/C17H25NO6/c1-22-16(21)14(8-12-6-4-3-5-7-12)18-9-13(11-19)24-17(23-2)15(20)10-18/h3-7,13-15,17,19-20H,8-11H2,1-2H3/t13-,14+,15+,17-/m0/s1. The Labute approximate surface area is 141 Å². The molecule has 2 N–H and O–H groups in total. The predicted molar refractivity (Wildman–Crippen MR) is 86.3 cm³/mol. The zero-order valence-electron chi connectivity index (χ0n) is 14.0. The molecule has 134 valence electrons. The van der Waals surface area contributed by atoms with Gasteiger partial charge >= 0.3 is 5.97 Å². The summed E-state index contributed by atoms with van der Waals surface area (Å²) in [6.45, 7) is 0.240. The van der Waals surface area contributed by atoms with Crippen molar-refractivity contribution in [2.45, 2.75) is 31.0 Å². The molecule has 0 aliphatic carbocycles. The molecule has 1 aromatic rings. The summed E-state index contributed by atoms with van der Waals surface area (Å²) in [5, 5.41) is 19.8. The third-order valence-corrected chi connectivity index (χ3v) is 4.12. The number of carbonyl (C=O) groups is 1. The van der Waals surface area contributed by atoms with Crippen molar-refractivity contribution in [2.24, 2.45) is 0 Å². The lowest BCUT2D eigenvalue weighted by atomic mass is 10.0. The van der Waals surface area contributed by atoms with Crippen molar-refractivity contribution in [1.29, 1.82) is 0 Å². The van der Waals surface area contributed by atoms with Crippen molar-refractivity contribution >= 4 is 5.97 Å². The molecular weight excluding hydrogens is 314 g/mol. The van der Waals surface area contributed by atoms with Crippen LogP contribution in [-0.4, -0.2) is 79.5 Å². The number of rotatable bonds is 6. The van der Waals surface area contributed by atoms with Crippen LogP contribution in [0.15, 0.2) is 30.3 Å². The topological polar surface area (TPSA) is 88.5 Å². The van der Waals surface area contributed by atoms with Crippen LogP contribution in [0, 0.1) is 0 Å². The highest BCUT2D eigenvalue weighted by atomic mass is 16.7. The summed E-state index contributed by atoms with van der Waals surface area (Å²) >= 11 is 0. The molecule has 0 spiro atoms. The molecular formula is C17H25NO6. The quantitative estimate of drug-likeness (QED) is 0.694. The van der Waals surface area contributed by atoms with Crippen molar-refractivity contribution < 1.29 is 29.2 Å². The van der Waals surface area contributed by atoms with Gasteiger partial charge in [-0.05, 0) is 12.0 Å². The Bertz CT molecular complexity index is 509. The minimum atomic E-state index is -0.936. The minimum absolute atomic E-state index is 0.182. The average Bonchev–Trinajstić information content (AvgIpc) is 2.78. The smallest absolute Gasteiger partial charge is 0.323 e. The molecule has 0 amide bonds. The monoisotopic (exact) mass is 339 g/mol. The number of ether oxygens (including phenoxy) is 3. The first-order chi connectivity index (χ1) is 11.6. The first kappa shape index (κ1) is 18.8. The molecule has 0 radical (unpaired) electrons. The fraction of sp³-hybridized carbons (Fsp3) is 0.588. The number of methoxy groups -OCH3 is 2. The summed E-state index contributed by atoms with van der Waals surface area (Å²) in [7, 11) is 2.77. The van der Waals surface area contributed by atoms with Crippen LogP contribution >= 0.6 is 0 Å². The van der Waals surface area contributed by atoms with Gasteiger partial charge in [0.05, 0.1) is 19.8 Å². The van der Waals surface area contributed by atoms with Gasteiger partial charge in [0.25, 0.3) is 0 Å². The van der Waals surface area contributed by atoms with E-state index in [4.69, 9.17) is 14.2 Å². The van der Waals surface area contributed by atoms with Gasteiger partial charge in [0.1, 0.15) is 12.1 Å². The number of hydrogen-bond acceptors (Lipinski definition) is 7. The number of aliphatic hydroxyl groups excluding tert-OH is 2. The van der Waals surface area contributed by atoms with Crippen LogP contribution in [0.4, 0.5) is 0 Å². The van der Waals surface area contributed by atoms with Gasteiger partial charge in [0.15, 0.2) is 6.29 Å². The number of esters is 1. The molecule has 0 unspecified atom stereocenters. The van der Waals surface area contributed by atoms with Crippen molar-refractivity contribution in [2.75, 3.05) is 33.9 Å². The zero-order valence-corrected chi connectivity index (χ0v) is 14.0. The number of benzene rings is 1. The van der Waals surface area contributed by atoms with E-state index in [1.54, 1.807) is 4.90 Å². The highest BCUT2D eigenvalue weighted by molar-refractivity contribution is 5.76. The van der Waals surface area contributed by atoms with Crippen LogP contribution in [0.2, 0.25) is 0 Å². The second-order valence-corrected chi connectivity index (χ2v) is 5.79. The molecule has 24 heavy (non-hydrogen) atoms. The largest absolute Gasteiger partial charge is 0.468 e. The van der Waals surface area contributed by atoms with Crippen LogP contribution in [0.5, 0.6) is 0 Å². The predicted octanol–water partition coefficient (Wildman–Crippen LogP) is -0.203. The summed E-state index contributed by atoms with van der Waals surface area (Å²) in [6, 6.07) is 9.00. The maximum atomic E-state index is 12.3. The molecule has 2 rings (SSSR count). The summed E-state index contributed by atoms with van der Waals surface area (Å²) < 4.78 is 15.6. The fourth-order valence-electron chi connectivity index (χ4n) is 2.89. The third-order valence-electron chi connectivity index (χ3n) is 4.12. The molecule has 7 nitrogen and oxygen atoms in total. The number of aliphatic hydroxyl groups is 2. The Morgan fingerprint density at radius 1 is 1.33 bits per heavy atom. The average molecular weight is 339 g/mol. The molecule has 0 aromatic heterocycles. The molecule has 1 saturated heterocycles. The van der Waals surface area contributed by atoms with Crippen LogP contribution in [-0.2, 0) is 25.4 Å². The van der Waals surface area contributed by atoms with Crippen molar-refractivity contribution in [3.8, 4) is 0 Å². The van der Waals surface area contributed by atoms with Gasteiger partial charge in [0.2, 0.25) is 0 Å². The van der Waals surface area contributed by atoms with E-state index in [1.165, 1.54) is 14.2 Å². The van der Waals surface area contributed by atoms with Gasteiger partial charge in [-0.25, -0.2) is 0 Å². The second kappa shape index (κ2) is 9.10. The van der Waals surface area contributed by atoms with Crippen LogP contribution < -0.4 is 0 Å². The summed E-state index contributed by atoms with van der Waals surface area (Å²) in [5.41, 5.74) is 0.983. The van der Waals surface area contributed by atoms with E-state index in [0.29, 0.717) is 13.0 Å². The molecule has 0 bridgehead atoms. The van der Waals surface area contributed by atoms with Crippen molar-refractivity contribution in [1.82, 2.24) is 4.90 Å². The van der Waals surface area contributed by atoms with Gasteiger partial charge in [-0.2, -0.15) is 0 Å². The molecule has 7 heteroatoms. The van der Waals surface area contributed by atoms with Gasteiger partial charge in [0, 0.05) is 20.2 Å². The Morgan fingerprint density at radius 2 is 2.04 bits per heavy atom.